The van der Waals surface area contributed by atoms with Crippen LogP contribution < -0.4 is 0 Å². The predicted octanol–water partition coefficient (Wildman–Crippen LogP) is 0.461. The highest BCUT2D eigenvalue weighted by Gasteiger charge is 2.44. The largest absolute Gasteiger partial charge is 0.465 e. The number of rotatable bonds is 1. The van der Waals surface area contributed by atoms with Crippen molar-refractivity contribution in [2.45, 2.75) is 25.0 Å². The predicted molar refractivity (Wildman–Crippen MR) is 63.1 cm³/mol. The zero-order chi connectivity index (χ0) is 14.2. The van der Waals surface area contributed by atoms with Crippen LogP contribution in [0, 0.1) is 12.7 Å². The maximum atomic E-state index is 13.2. The summed E-state index contributed by atoms with van der Waals surface area (Å²) in [6, 6.07) is 2.48. The van der Waals surface area contributed by atoms with Crippen LogP contribution in [0.4, 0.5) is 9.18 Å². The molecule has 2 atom stereocenters. The van der Waals surface area contributed by atoms with Gasteiger partial charge in [0, 0.05) is 13.0 Å². The second-order valence-electron chi connectivity index (χ2n) is 4.68. The zero-order valence-electron chi connectivity index (χ0n) is 10.4. The van der Waals surface area contributed by atoms with Crippen LogP contribution in [-0.2, 0) is 5.60 Å². The number of aromatic nitrogens is 1. The first-order chi connectivity index (χ1) is 8.84. The van der Waals surface area contributed by atoms with Crippen LogP contribution in [0.5, 0.6) is 0 Å². The number of carbonyl (C=O) groups is 1. The number of piperidine rings is 1. The third-order valence-corrected chi connectivity index (χ3v) is 3.44. The SMILES string of the molecule is Cc1nc([C@@]2(O)CCN(C(=O)O)C[C@@H]2O)ccc1F. The summed E-state index contributed by atoms with van der Waals surface area (Å²) in [6.07, 6.45) is -2.43. The van der Waals surface area contributed by atoms with E-state index in [4.69, 9.17) is 5.11 Å². The van der Waals surface area contributed by atoms with Gasteiger partial charge in [-0.15, -0.1) is 0 Å². The lowest BCUT2D eigenvalue weighted by molar-refractivity contribution is -0.122. The molecule has 7 heteroatoms. The number of amides is 1. The first-order valence-electron chi connectivity index (χ1n) is 5.86. The van der Waals surface area contributed by atoms with E-state index >= 15 is 0 Å². The Morgan fingerprint density at radius 2 is 2.26 bits per heavy atom. The van der Waals surface area contributed by atoms with Crippen molar-refractivity contribution in [2.24, 2.45) is 0 Å². The van der Waals surface area contributed by atoms with E-state index in [-0.39, 0.29) is 30.9 Å². The monoisotopic (exact) mass is 270 g/mol. The summed E-state index contributed by atoms with van der Waals surface area (Å²) in [5.74, 6) is -0.496. The summed E-state index contributed by atoms with van der Waals surface area (Å²) in [6.45, 7) is 1.34. The molecule has 0 saturated carbocycles. The fourth-order valence-corrected chi connectivity index (χ4v) is 2.18. The fraction of sp³-hybridized carbons (Fsp3) is 0.500. The molecule has 1 aromatic rings. The van der Waals surface area contributed by atoms with E-state index in [1.807, 2.05) is 0 Å². The molecule has 6 nitrogen and oxygen atoms in total. The van der Waals surface area contributed by atoms with Crippen molar-refractivity contribution < 1.29 is 24.5 Å². The molecule has 3 N–H and O–H groups in total. The topological polar surface area (TPSA) is 93.9 Å². The molecule has 0 radical (unpaired) electrons. The van der Waals surface area contributed by atoms with Crippen LogP contribution in [0.15, 0.2) is 12.1 Å². The summed E-state index contributed by atoms with van der Waals surface area (Å²) in [7, 11) is 0. The standard InChI is InChI=1S/C12H15FN2O4/c1-7-8(13)2-3-9(14-7)12(19)4-5-15(11(17)18)6-10(12)16/h2-3,10,16,19H,4-6H2,1H3,(H,17,18)/t10-,12-/m0/s1. The molecule has 1 amide bonds. The van der Waals surface area contributed by atoms with Crippen molar-refractivity contribution >= 4 is 6.09 Å². The summed E-state index contributed by atoms with van der Waals surface area (Å²) < 4.78 is 13.2. The second-order valence-corrected chi connectivity index (χ2v) is 4.68. The summed E-state index contributed by atoms with van der Waals surface area (Å²) in [5, 5.41) is 29.3. The number of nitrogens with zero attached hydrogens (tertiary/aromatic N) is 2. The Morgan fingerprint density at radius 3 is 2.79 bits per heavy atom. The van der Waals surface area contributed by atoms with Crippen molar-refractivity contribution in [3.05, 3.63) is 29.3 Å². The number of aliphatic hydroxyl groups is 2. The maximum Gasteiger partial charge on any atom is 0.407 e. The molecule has 0 spiro atoms. The summed E-state index contributed by atoms with van der Waals surface area (Å²) >= 11 is 0. The smallest absolute Gasteiger partial charge is 0.407 e. The molecule has 0 aliphatic carbocycles. The second kappa shape index (κ2) is 4.75. The van der Waals surface area contributed by atoms with Crippen LogP contribution in [-0.4, -0.2) is 50.5 Å². The number of halogens is 1. The van der Waals surface area contributed by atoms with Crippen molar-refractivity contribution in [1.29, 1.82) is 0 Å². The van der Waals surface area contributed by atoms with E-state index in [2.05, 4.69) is 4.98 Å². The van der Waals surface area contributed by atoms with E-state index in [0.29, 0.717) is 0 Å². The van der Waals surface area contributed by atoms with E-state index in [1.54, 1.807) is 0 Å². The van der Waals surface area contributed by atoms with E-state index in [1.165, 1.54) is 19.1 Å². The molecule has 1 aliphatic heterocycles. The van der Waals surface area contributed by atoms with Gasteiger partial charge in [-0.3, -0.25) is 4.98 Å². The van der Waals surface area contributed by atoms with E-state index in [0.717, 1.165) is 4.90 Å². The lowest BCUT2D eigenvalue weighted by Gasteiger charge is -2.40. The number of likely N-dealkylation sites (tertiary alicyclic amines) is 1. The van der Waals surface area contributed by atoms with Crippen molar-refractivity contribution in [2.75, 3.05) is 13.1 Å². The first-order valence-corrected chi connectivity index (χ1v) is 5.86. The van der Waals surface area contributed by atoms with Crippen molar-refractivity contribution in [3.8, 4) is 0 Å². The molecule has 2 heterocycles. The molecule has 0 bridgehead atoms. The first kappa shape index (κ1) is 13.7. The van der Waals surface area contributed by atoms with Gasteiger partial charge in [0.15, 0.2) is 0 Å². The highest BCUT2D eigenvalue weighted by Crippen LogP contribution is 2.32. The molecule has 104 valence electrons. The van der Waals surface area contributed by atoms with Gasteiger partial charge in [0.05, 0.1) is 17.9 Å². The zero-order valence-corrected chi connectivity index (χ0v) is 10.4. The van der Waals surface area contributed by atoms with Gasteiger partial charge in [-0.2, -0.15) is 0 Å². The maximum absolute atomic E-state index is 13.2. The molecule has 0 unspecified atom stereocenters. The fourth-order valence-electron chi connectivity index (χ4n) is 2.18. The van der Waals surface area contributed by atoms with Crippen LogP contribution >= 0.6 is 0 Å². The Kier molecular flexibility index (Phi) is 3.42. The Labute approximate surface area is 109 Å². The average Bonchev–Trinajstić information content (AvgIpc) is 2.35. The van der Waals surface area contributed by atoms with Gasteiger partial charge in [-0.05, 0) is 19.1 Å². The Morgan fingerprint density at radius 1 is 1.58 bits per heavy atom. The van der Waals surface area contributed by atoms with Crippen LogP contribution in [0.2, 0.25) is 0 Å². The summed E-state index contributed by atoms with van der Waals surface area (Å²) in [4.78, 5) is 15.8. The summed E-state index contributed by atoms with van der Waals surface area (Å²) in [5.41, 5.74) is -1.37. The number of aryl methyl sites for hydroxylation is 1. The lowest BCUT2D eigenvalue weighted by atomic mass is 9.85. The van der Waals surface area contributed by atoms with Crippen molar-refractivity contribution in [3.63, 3.8) is 0 Å². The van der Waals surface area contributed by atoms with Crippen LogP contribution in [0.3, 0.4) is 0 Å². The molecule has 1 aliphatic rings. The van der Waals surface area contributed by atoms with Gasteiger partial charge in [-0.1, -0.05) is 0 Å². The highest BCUT2D eigenvalue weighted by molar-refractivity contribution is 5.65. The van der Waals surface area contributed by atoms with Gasteiger partial charge >= 0.3 is 6.09 Å². The molecule has 19 heavy (non-hydrogen) atoms. The van der Waals surface area contributed by atoms with Crippen molar-refractivity contribution in [1.82, 2.24) is 9.88 Å². The highest BCUT2D eigenvalue weighted by atomic mass is 19.1. The minimum Gasteiger partial charge on any atom is -0.465 e. The molecule has 1 fully saturated rings. The minimum atomic E-state index is -1.65. The van der Waals surface area contributed by atoms with Gasteiger partial charge in [0.2, 0.25) is 0 Å². The number of aliphatic hydroxyl groups excluding tert-OH is 1. The average molecular weight is 270 g/mol. The Hall–Kier alpha value is -1.73. The van der Waals surface area contributed by atoms with E-state index < -0.39 is 23.6 Å². The van der Waals surface area contributed by atoms with Crippen LogP contribution in [0.1, 0.15) is 17.8 Å². The van der Waals surface area contributed by atoms with Gasteiger partial charge in [0.25, 0.3) is 0 Å². The molecule has 2 rings (SSSR count). The quantitative estimate of drug-likeness (QED) is 0.689. The number of β-amino-alcohol motifs (C(OH)–C–C–N with tert-alkyl or cyclic N) is 1. The molecular weight excluding hydrogens is 255 g/mol. The normalized spacial score (nSPS) is 27.4. The molecule has 1 saturated heterocycles. The van der Waals surface area contributed by atoms with Gasteiger partial charge in [0.1, 0.15) is 17.5 Å². The number of carboxylic acid groups (broad SMARTS) is 1. The molecule has 1 aromatic heterocycles. The lowest BCUT2D eigenvalue weighted by Crippen LogP contribution is -2.55. The van der Waals surface area contributed by atoms with E-state index in [9.17, 15) is 19.4 Å². The van der Waals surface area contributed by atoms with Crippen LogP contribution in [0.25, 0.3) is 0 Å². The molecule has 0 aromatic carbocycles. The third kappa shape index (κ3) is 2.39. The number of hydrogen-bond acceptors (Lipinski definition) is 4. The molecular formula is C12H15FN2O4. The number of hydrogen-bond donors (Lipinski definition) is 3. The number of pyridine rings is 1. The third-order valence-electron chi connectivity index (χ3n) is 3.44. The van der Waals surface area contributed by atoms with Gasteiger partial charge < -0.3 is 20.2 Å². The minimum absolute atomic E-state index is 0.0124. The Balaban J connectivity index is 2.28. The van der Waals surface area contributed by atoms with Gasteiger partial charge in [-0.25, -0.2) is 9.18 Å². The Bertz CT molecular complexity index is 511.